The van der Waals surface area contributed by atoms with Crippen LogP contribution in [-0.4, -0.2) is 20.1 Å². The molecule has 4 nitrogen and oxygen atoms in total. The zero-order chi connectivity index (χ0) is 6.15. The number of nitrogens with zero attached hydrogens (tertiary/aromatic N) is 2. The minimum atomic E-state index is 0.225. The average Bonchev–Trinajstić information content (AvgIpc) is 1.98. The maximum atomic E-state index is 8.77. The molecule has 0 aliphatic carbocycles. The molecule has 5 heteroatoms. The van der Waals surface area contributed by atoms with Gasteiger partial charge in [-0.25, -0.2) is 5.10 Å². The van der Waals surface area contributed by atoms with E-state index < -0.39 is 0 Å². The molecule has 0 aliphatic heterocycles. The minimum absolute atomic E-state index is 0.225. The molecule has 1 aromatic rings. The Labute approximate surface area is 50.7 Å². The molecule has 0 radical (unpaired) electrons. The van der Waals surface area contributed by atoms with Gasteiger partial charge in [-0.15, -0.1) is 4.73 Å². The van der Waals surface area contributed by atoms with Gasteiger partial charge in [0, 0.05) is 0 Å². The summed E-state index contributed by atoms with van der Waals surface area (Å²) in [4.78, 5) is 0. The molecule has 0 unspecified atom stereocenters. The fourth-order valence-corrected chi connectivity index (χ4v) is 0.548. The smallest absolute Gasteiger partial charge is 0.229 e. The van der Waals surface area contributed by atoms with Gasteiger partial charge in [-0.3, -0.25) is 0 Å². The van der Waals surface area contributed by atoms with E-state index in [2.05, 4.69) is 22.4 Å². The van der Waals surface area contributed by atoms with E-state index in [0.29, 0.717) is 5.82 Å². The van der Waals surface area contributed by atoms with E-state index in [-0.39, 0.29) is 4.77 Å². The summed E-state index contributed by atoms with van der Waals surface area (Å²) < 4.78 is 1.04. The number of aromatic amines is 1. The molecular formula is C3H5N3OS. The van der Waals surface area contributed by atoms with Crippen molar-refractivity contribution >= 4 is 12.2 Å². The van der Waals surface area contributed by atoms with Crippen LogP contribution in [0.4, 0.5) is 0 Å². The summed E-state index contributed by atoms with van der Waals surface area (Å²) in [6, 6.07) is 0. The zero-order valence-electron chi connectivity index (χ0n) is 4.25. The van der Waals surface area contributed by atoms with E-state index in [9.17, 15) is 0 Å². The lowest BCUT2D eigenvalue weighted by Crippen LogP contribution is -1.91. The third-order valence-corrected chi connectivity index (χ3v) is 1.08. The van der Waals surface area contributed by atoms with Crippen LogP contribution in [0.2, 0.25) is 0 Å². The van der Waals surface area contributed by atoms with Crippen LogP contribution >= 0.6 is 12.2 Å². The van der Waals surface area contributed by atoms with Crippen LogP contribution in [0.3, 0.4) is 0 Å². The van der Waals surface area contributed by atoms with Crippen molar-refractivity contribution in [3.05, 3.63) is 10.6 Å². The van der Waals surface area contributed by atoms with Crippen molar-refractivity contribution < 1.29 is 5.21 Å². The first kappa shape index (κ1) is 5.30. The third-order valence-electron chi connectivity index (χ3n) is 0.812. The Morgan fingerprint density at radius 3 is 2.62 bits per heavy atom. The molecule has 1 heterocycles. The minimum Gasteiger partial charge on any atom is -0.424 e. The average molecular weight is 131 g/mol. The summed E-state index contributed by atoms with van der Waals surface area (Å²) in [6.07, 6.45) is 0. The number of hydrogen-bond acceptors (Lipinski definition) is 3. The lowest BCUT2D eigenvalue weighted by atomic mass is 10.8. The molecule has 0 fully saturated rings. The molecule has 0 amide bonds. The second-order valence-electron chi connectivity index (χ2n) is 1.39. The van der Waals surface area contributed by atoms with Crippen LogP contribution in [-0.2, 0) is 0 Å². The standard InChI is InChI=1S/C3H5N3OS/c1-2-4-5-3(8)6(2)7/h7H,1H3,(H,5,8). The van der Waals surface area contributed by atoms with Crippen LogP contribution < -0.4 is 0 Å². The molecular weight excluding hydrogens is 126 g/mol. The fraction of sp³-hybridized carbons (Fsp3) is 0.333. The van der Waals surface area contributed by atoms with Gasteiger partial charge in [0.25, 0.3) is 0 Å². The number of nitrogens with one attached hydrogen (secondary N) is 1. The Balaban J connectivity index is 3.41. The molecule has 1 rings (SSSR count). The van der Waals surface area contributed by atoms with E-state index in [1.807, 2.05) is 0 Å². The van der Waals surface area contributed by atoms with E-state index in [1.165, 1.54) is 0 Å². The Morgan fingerprint density at radius 1 is 1.88 bits per heavy atom. The molecule has 2 N–H and O–H groups in total. The number of aromatic nitrogens is 3. The van der Waals surface area contributed by atoms with Crippen LogP contribution in [0, 0.1) is 11.7 Å². The molecule has 8 heavy (non-hydrogen) atoms. The lowest BCUT2D eigenvalue weighted by Gasteiger charge is -1.84. The van der Waals surface area contributed by atoms with Crippen molar-refractivity contribution in [2.45, 2.75) is 6.92 Å². The Bertz CT molecular complexity index is 237. The van der Waals surface area contributed by atoms with E-state index in [4.69, 9.17) is 5.21 Å². The third kappa shape index (κ3) is 0.604. The number of rotatable bonds is 0. The van der Waals surface area contributed by atoms with Gasteiger partial charge in [0.15, 0.2) is 5.82 Å². The Hall–Kier alpha value is -0.840. The summed E-state index contributed by atoms with van der Waals surface area (Å²) >= 11 is 4.57. The van der Waals surface area contributed by atoms with Crippen molar-refractivity contribution in [3.63, 3.8) is 0 Å². The zero-order valence-corrected chi connectivity index (χ0v) is 5.07. The summed E-state index contributed by atoms with van der Waals surface area (Å²) in [5.41, 5.74) is 0. The molecule has 0 aliphatic rings. The van der Waals surface area contributed by atoms with Crippen molar-refractivity contribution in [3.8, 4) is 0 Å². The largest absolute Gasteiger partial charge is 0.424 e. The quantitative estimate of drug-likeness (QED) is 0.398. The van der Waals surface area contributed by atoms with E-state index in [0.717, 1.165) is 4.73 Å². The van der Waals surface area contributed by atoms with Gasteiger partial charge < -0.3 is 5.21 Å². The van der Waals surface area contributed by atoms with Gasteiger partial charge in [-0.05, 0) is 19.1 Å². The summed E-state index contributed by atoms with van der Waals surface area (Å²) in [7, 11) is 0. The Morgan fingerprint density at radius 2 is 2.50 bits per heavy atom. The molecule has 0 saturated heterocycles. The van der Waals surface area contributed by atoms with Crippen LogP contribution in [0.15, 0.2) is 0 Å². The maximum absolute atomic E-state index is 8.77. The topological polar surface area (TPSA) is 53.8 Å². The molecule has 0 saturated carbocycles. The highest BCUT2D eigenvalue weighted by Crippen LogP contribution is 1.87. The van der Waals surface area contributed by atoms with Crippen molar-refractivity contribution in [2.24, 2.45) is 0 Å². The van der Waals surface area contributed by atoms with Gasteiger partial charge in [0.2, 0.25) is 4.77 Å². The van der Waals surface area contributed by atoms with Crippen LogP contribution in [0.1, 0.15) is 5.82 Å². The Kier molecular flexibility index (Phi) is 1.05. The maximum Gasteiger partial charge on any atom is 0.229 e. The summed E-state index contributed by atoms with van der Waals surface area (Å²) in [5.74, 6) is 0.468. The summed E-state index contributed by atoms with van der Waals surface area (Å²) in [6.45, 7) is 1.65. The fourth-order valence-electron chi connectivity index (χ4n) is 0.370. The second-order valence-corrected chi connectivity index (χ2v) is 1.77. The molecule has 0 aromatic carbocycles. The number of hydrogen-bond donors (Lipinski definition) is 2. The van der Waals surface area contributed by atoms with E-state index in [1.54, 1.807) is 6.92 Å². The number of aryl methyl sites for hydroxylation is 1. The van der Waals surface area contributed by atoms with Crippen molar-refractivity contribution in [1.82, 2.24) is 14.9 Å². The first-order chi connectivity index (χ1) is 3.72. The monoisotopic (exact) mass is 131 g/mol. The lowest BCUT2D eigenvalue weighted by molar-refractivity contribution is 0.174. The first-order valence-corrected chi connectivity index (χ1v) is 2.46. The molecule has 0 spiro atoms. The van der Waals surface area contributed by atoms with Crippen molar-refractivity contribution in [1.29, 1.82) is 0 Å². The number of H-pyrrole nitrogens is 1. The predicted molar refractivity (Wildman–Crippen MR) is 29.3 cm³/mol. The predicted octanol–water partition coefficient (Wildman–Crippen LogP) is 0.486. The highest BCUT2D eigenvalue weighted by molar-refractivity contribution is 7.71. The van der Waals surface area contributed by atoms with Crippen LogP contribution in [0.5, 0.6) is 0 Å². The van der Waals surface area contributed by atoms with Crippen LogP contribution in [0.25, 0.3) is 0 Å². The second kappa shape index (κ2) is 1.59. The molecule has 44 valence electrons. The summed E-state index contributed by atoms with van der Waals surface area (Å²) in [5, 5.41) is 14.8. The van der Waals surface area contributed by atoms with Gasteiger partial charge >= 0.3 is 0 Å². The molecule has 0 atom stereocenters. The first-order valence-electron chi connectivity index (χ1n) is 2.05. The normalized spacial score (nSPS) is 9.62. The van der Waals surface area contributed by atoms with Gasteiger partial charge in [0.05, 0.1) is 0 Å². The molecule has 1 aromatic heterocycles. The van der Waals surface area contributed by atoms with Gasteiger partial charge in [-0.1, -0.05) is 0 Å². The molecule has 0 bridgehead atoms. The van der Waals surface area contributed by atoms with E-state index >= 15 is 0 Å². The van der Waals surface area contributed by atoms with Gasteiger partial charge in [-0.2, -0.15) is 5.10 Å². The highest BCUT2D eigenvalue weighted by atomic mass is 32.1. The van der Waals surface area contributed by atoms with Gasteiger partial charge in [0.1, 0.15) is 0 Å². The highest BCUT2D eigenvalue weighted by Gasteiger charge is 1.92. The van der Waals surface area contributed by atoms with Crippen molar-refractivity contribution in [2.75, 3.05) is 0 Å². The SMILES string of the molecule is Cc1n[nH]c(=S)n1O.